The second-order valence-corrected chi connectivity index (χ2v) is 6.28. The van der Waals surface area contributed by atoms with Crippen molar-refractivity contribution in [1.29, 1.82) is 0 Å². The van der Waals surface area contributed by atoms with E-state index in [2.05, 4.69) is 15.3 Å². The molecule has 1 unspecified atom stereocenters. The number of benzene rings is 1. The fourth-order valence-corrected chi connectivity index (χ4v) is 2.90. The van der Waals surface area contributed by atoms with Gasteiger partial charge in [-0.05, 0) is 17.7 Å². The van der Waals surface area contributed by atoms with Crippen LogP contribution < -0.4 is 11.1 Å². The largest absolute Gasteiger partial charge is 0.363 e. The van der Waals surface area contributed by atoms with Gasteiger partial charge in [0.15, 0.2) is 0 Å². The third-order valence-electron chi connectivity index (χ3n) is 3.97. The monoisotopic (exact) mass is 397 g/mol. The lowest BCUT2D eigenvalue weighted by molar-refractivity contribution is -0.137. The van der Waals surface area contributed by atoms with Crippen LogP contribution in [0, 0.1) is 0 Å². The molecule has 142 valence electrons. The maximum Gasteiger partial charge on any atom is 0.287 e. The van der Waals surface area contributed by atoms with E-state index < -0.39 is 23.6 Å². The Labute approximate surface area is 165 Å². The lowest BCUT2D eigenvalue weighted by Crippen LogP contribution is -2.47. The molecule has 0 aliphatic heterocycles. The van der Waals surface area contributed by atoms with Crippen molar-refractivity contribution in [3.05, 3.63) is 77.3 Å². The standard InChI is InChI=1S/C19H16ClN5O3/c20-13-7-10-25(19-22-8-4-9-23-19)15(13)18(28)24-14(16(26)17(21)27)11-12-5-2-1-3-6-12/h1-10,14H,11H2,(H2,21,27)(H,24,28). The minimum absolute atomic E-state index is 0.0446. The predicted molar refractivity (Wildman–Crippen MR) is 102 cm³/mol. The predicted octanol–water partition coefficient (Wildman–Crippen LogP) is 1.32. The molecule has 28 heavy (non-hydrogen) atoms. The van der Waals surface area contributed by atoms with E-state index in [1.165, 1.54) is 29.2 Å². The van der Waals surface area contributed by atoms with Crippen molar-refractivity contribution >= 4 is 29.2 Å². The van der Waals surface area contributed by atoms with Crippen molar-refractivity contribution < 1.29 is 14.4 Å². The molecule has 9 heteroatoms. The number of rotatable bonds is 7. The Morgan fingerprint density at radius 3 is 2.39 bits per heavy atom. The number of primary amides is 1. The molecular formula is C19H16ClN5O3. The average Bonchev–Trinajstić information content (AvgIpc) is 3.10. The van der Waals surface area contributed by atoms with Gasteiger partial charge < -0.3 is 11.1 Å². The minimum atomic E-state index is -1.14. The molecule has 3 rings (SSSR count). The van der Waals surface area contributed by atoms with Crippen LogP contribution in [0.3, 0.4) is 0 Å². The van der Waals surface area contributed by atoms with Gasteiger partial charge in [-0.25, -0.2) is 9.97 Å². The maximum absolute atomic E-state index is 12.9. The zero-order valence-electron chi connectivity index (χ0n) is 14.6. The Kier molecular flexibility index (Phi) is 5.81. The van der Waals surface area contributed by atoms with Crippen LogP contribution in [0.5, 0.6) is 0 Å². The van der Waals surface area contributed by atoms with Gasteiger partial charge in [-0.2, -0.15) is 0 Å². The molecular weight excluding hydrogens is 382 g/mol. The number of carbonyl (C=O) groups is 3. The number of Topliss-reactive ketones (excluding diaryl/α,β-unsaturated/α-hetero) is 1. The summed E-state index contributed by atoms with van der Waals surface area (Å²) in [7, 11) is 0. The fourth-order valence-electron chi connectivity index (χ4n) is 2.67. The first-order valence-electron chi connectivity index (χ1n) is 8.30. The number of carbonyl (C=O) groups excluding carboxylic acids is 3. The highest BCUT2D eigenvalue weighted by Gasteiger charge is 2.28. The molecule has 3 N–H and O–H groups in total. The summed E-state index contributed by atoms with van der Waals surface area (Å²) >= 11 is 6.16. The van der Waals surface area contributed by atoms with Gasteiger partial charge in [0, 0.05) is 25.0 Å². The number of ketones is 1. The quantitative estimate of drug-likeness (QED) is 0.582. The van der Waals surface area contributed by atoms with Crippen LogP contribution in [0.4, 0.5) is 0 Å². The fraction of sp³-hybridized carbons (Fsp3) is 0.105. The number of hydrogen-bond donors (Lipinski definition) is 2. The number of halogens is 1. The Morgan fingerprint density at radius 1 is 1.07 bits per heavy atom. The van der Waals surface area contributed by atoms with Crippen molar-refractivity contribution in [3.63, 3.8) is 0 Å². The van der Waals surface area contributed by atoms with E-state index in [4.69, 9.17) is 17.3 Å². The van der Waals surface area contributed by atoms with E-state index in [1.54, 1.807) is 30.3 Å². The number of hydrogen-bond acceptors (Lipinski definition) is 5. The molecule has 2 amide bonds. The zero-order chi connectivity index (χ0) is 20.1. The van der Waals surface area contributed by atoms with Crippen LogP contribution in [-0.4, -0.2) is 38.2 Å². The molecule has 0 fully saturated rings. The van der Waals surface area contributed by atoms with Gasteiger partial charge in [-0.1, -0.05) is 41.9 Å². The van der Waals surface area contributed by atoms with Crippen molar-refractivity contribution in [3.8, 4) is 5.95 Å². The van der Waals surface area contributed by atoms with Gasteiger partial charge >= 0.3 is 0 Å². The Morgan fingerprint density at radius 2 is 1.75 bits per heavy atom. The van der Waals surface area contributed by atoms with Gasteiger partial charge in [0.2, 0.25) is 11.7 Å². The summed E-state index contributed by atoms with van der Waals surface area (Å²) in [4.78, 5) is 44.7. The normalized spacial score (nSPS) is 11.6. The summed E-state index contributed by atoms with van der Waals surface area (Å²) in [6, 6.07) is 11.0. The second-order valence-electron chi connectivity index (χ2n) is 5.88. The zero-order valence-corrected chi connectivity index (χ0v) is 15.3. The molecule has 1 atom stereocenters. The molecule has 0 saturated heterocycles. The molecule has 0 saturated carbocycles. The Bertz CT molecular complexity index is 1000. The molecule has 8 nitrogen and oxygen atoms in total. The minimum Gasteiger partial charge on any atom is -0.363 e. The summed E-state index contributed by atoms with van der Waals surface area (Å²) in [5.74, 6) is -2.45. The molecule has 2 heterocycles. The van der Waals surface area contributed by atoms with Gasteiger partial charge in [0.1, 0.15) is 11.7 Å². The highest BCUT2D eigenvalue weighted by molar-refractivity contribution is 6.38. The highest BCUT2D eigenvalue weighted by Crippen LogP contribution is 2.20. The SMILES string of the molecule is NC(=O)C(=O)C(Cc1ccccc1)NC(=O)c1c(Cl)ccn1-c1ncccn1. The highest BCUT2D eigenvalue weighted by atomic mass is 35.5. The van der Waals surface area contributed by atoms with Crippen LogP contribution in [0.15, 0.2) is 61.1 Å². The third kappa shape index (κ3) is 4.24. The first kappa shape index (κ1) is 19.2. The number of aromatic nitrogens is 3. The molecule has 0 spiro atoms. The molecule has 3 aromatic rings. The van der Waals surface area contributed by atoms with Gasteiger partial charge in [-0.15, -0.1) is 0 Å². The van der Waals surface area contributed by atoms with E-state index in [0.29, 0.717) is 0 Å². The van der Waals surface area contributed by atoms with Crippen LogP contribution in [0.2, 0.25) is 5.02 Å². The van der Waals surface area contributed by atoms with E-state index in [1.807, 2.05) is 6.07 Å². The summed E-state index contributed by atoms with van der Waals surface area (Å²) in [6.45, 7) is 0. The number of nitrogens with zero attached hydrogens (tertiary/aromatic N) is 3. The first-order chi connectivity index (χ1) is 13.5. The summed E-state index contributed by atoms with van der Waals surface area (Å²) in [5, 5.41) is 2.70. The topological polar surface area (TPSA) is 120 Å². The second kappa shape index (κ2) is 8.45. The van der Waals surface area contributed by atoms with Crippen LogP contribution >= 0.6 is 11.6 Å². The van der Waals surface area contributed by atoms with Gasteiger partial charge in [0.05, 0.1) is 5.02 Å². The third-order valence-corrected chi connectivity index (χ3v) is 4.27. The van der Waals surface area contributed by atoms with Crippen LogP contribution in [0.25, 0.3) is 5.95 Å². The average molecular weight is 398 g/mol. The van der Waals surface area contributed by atoms with Crippen molar-refractivity contribution in [2.45, 2.75) is 12.5 Å². The number of nitrogens with two attached hydrogens (primary N) is 1. The van der Waals surface area contributed by atoms with E-state index in [0.717, 1.165) is 5.56 Å². The van der Waals surface area contributed by atoms with Gasteiger partial charge in [0.25, 0.3) is 11.8 Å². The van der Waals surface area contributed by atoms with Crippen LogP contribution in [0.1, 0.15) is 16.1 Å². The van der Waals surface area contributed by atoms with Crippen molar-refractivity contribution in [2.75, 3.05) is 0 Å². The molecule has 0 radical (unpaired) electrons. The van der Waals surface area contributed by atoms with Gasteiger partial charge in [-0.3, -0.25) is 19.0 Å². The first-order valence-corrected chi connectivity index (χ1v) is 8.68. The maximum atomic E-state index is 12.9. The molecule has 0 aliphatic rings. The van der Waals surface area contributed by atoms with Crippen molar-refractivity contribution in [2.24, 2.45) is 5.73 Å². The van der Waals surface area contributed by atoms with E-state index >= 15 is 0 Å². The number of amides is 2. The number of nitrogens with one attached hydrogen (secondary N) is 1. The lowest BCUT2D eigenvalue weighted by atomic mass is 10.0. The molecule has 0 aliphatic carbocycles. The van der Waals surface area contributed by atoms with Crippen molar-refractivity contribution in [1.82, 2.24) is 19.9 Å². The summed E-state index contributed by atoms with van der Waals surface area (Å²) in [5.41, 5.74) is 5.95. The Hall–Kier alpha value is -3.52. The molecule has 2 aromatic heterocycles. The van der Waals surface area contributed by atoms with Crippen LogP contribution in [-0.2, 0) is 16.0 Å². The van der Waals surface area contributed by atoms with E-state index in [-0.39, 0.29) is 23.1 Å². The summed E-state index contributed by atoms with van der Waals surface area (Å²) < 4.78 is 1.39. The lowest BCUT2D eigenvalue weighted by Gasteiger charge is -2.17. The molecule has 0 bridgehead atoms. The Balaban J connectivity index is 1.89. The smallest absolute Gasteiger partial charge is 0.287 e. The molecule has 1 aromatic carbocycles. The van der Waals surface area contributed by atoms with E-state index in [9.17, 15) is 14.4 Å². The summed E-state index contributed by atoms with van der Waals surface area (Å²) in [6.07, 6.45) is 4.68.